The monoisotopic (exact) mass is 219 g/mol. The van der Waals surface area contributed by atoms with Crippen molar-refractivity contribution in [3.05, 3.63) is 47.5 Å². The molecule has 2 aromatic rings. The van der Waals surface area contributed by atoms with Crippen LogP contribution < -0.4 is 5.32 Å². The van der Waals surface area contributed by atoms with Crippen molar-refractivity contribution in [1.82, 2.24) is 9.97 Å². The molecular weight excluding hydrogens is 209 g/mol. The van der Waals surface area contributed by atoms with Crippen LogP contribution in [0, 0.1) is 12.7 Å². The van der Waals surface area contributed by atoms with E-state index in [1.165, 1.54) is 18.3 Å². The van der Waals surface area contributed by atoms with E-state index in [9.17, 15) is 9.18 Å². The van der Waals surface area contributed by atoms with Gasteiger partial charge in [0.15, 0.2) is 0 Å². The molecule has 82 valence electrons. The number of hydrogen-bond acceptors (Lipinski definition) is 2. The first-order valence-corrected chi connectivity index (χ1v) is 4.73. The van der Waals surface area contributed by atoms with Crippen LogP contribution in [0.25, 0.3) is 0 Å². The van der Waals surface area contributed by atoms with Gasteiger partial charge in [-0.15, -0.1) is 0 Å². The second kappa shape index (κ2) is 4.14. The largest absolute Gasteiger partial charge is 0.331 e. The Labute approximate surface area is 91.5 Å². The molecule has 2 N–H and O–H groups in total. The summed E-state index contributed by atoms with van der Waals surface area (Å²) < 4.78 is 13.4. The first-order valence-electron chi connectivity index (χ1n) is 4.73. The SMILES string of the molecule is Cc1ccc(F)c(C(=O)Nc2ncc[nH]2)c1. The third-order valence-electron chi connectivity index (χ3n) is 2.10. The number of aryl methyl sites for hydroxylation is 1. The molecule has 16 heavy (non-hydrogen) atoms. The van der Waals surface area contributed by atoms with E-state index in [0.717, 1.165) is 5.56 Å². The van der Waals surface area contributed by atoms with E-state index in [0.29, 0.717) is 5.95 Å². The summed E-state index contributed by atoms with van der Waals surface area (Å²) >= 11 is 0. The van der Waals surface area contributed by atoms with Crippen molar-refractivity contribution in [2.24, 2.45) is 0 Å². The molecule has 1 heterocycles. The standard InChI is InChI=1S/C11H10FN3O/c1-7-2-3-9(12)8(6-7)10(16)15-11-13-4-5-14-11/h2-6H,1H3,(H2,13,14,15,16). The second-order valence-electron chi connectivity index (χ2n) is 3.38. The highest BCUT2D eigenvalue weighted by molar-refractivity contribution is 6.03. The van der Waals surface area contributed by atoms with Gasteiger partial charge in [-0.2, -0.15) is 0 Å². The fourth-order valence-electron chi connectivity index (χ4n) is 1.32. The summed E-state index contributed by atoms with van der Waals surface area (Å²) in [5, 5.41) is 2.46. The molecule has 1 amide bonds. The van der Waals surface area contributed by atoms with E-state index < -0.39 is 11.7 Å². The molecule has 0 bridgehead atoms. The minimum absolute atomic E-state index is 0.0106. The predicted molar refractivity (Wildman–Crippen MR) is 57.7 cm³/mol. The van der Waals surface area contributed by atoms with Crippen LogP contribution in [0.1, 0.15) is 15.9 Å². The average Bonchev–Trinajstić information content (AvgIpc) is 2.74. The highest BCUT2D eigenvalue weighted by atomic mass is 19.1. The lowest BCUT2D eigenvalue weighted by atomic mass is 10.1. The normalized spacial score (nSPS) is 10.1. The average molecular weight is 219 g/mol. The maximum atomic E-state index is 13.4. The van der Waals surface area contributed by atoms with Gasteiger partial charge in [0.25, 0.3) is 5.91 Å². The summed E-state index contributed by atoms with van der Waals surface area (Å²) in [7, 11) is 0. The number of rotatable bonds is 2. The zero-order valence-electron chi connectivity index (χ0n) is 8.62. The van der Waals surface area contributed by atoms with Gasteiger partial charge in [-0.3, -0.25) is 10.1 Å². The van der Waals surface area contributed by atoms with E-state index in [1.54, 1.807) is 19.2 Å². The Morgan fingerprint density at radius 1 is 1.50 bits per heavy atom. The van der Waals surface area contributed by atoms with Crippen molar-refractivity contribution in [1.29, 1.82) is 0 Å². The van der Waals surface area contributed by atoms with Crippen LogP contribution in [0.2, 0.25) is 0 Å². The Morgan fingerprint density at radius 2 is 2.31 bits per heavy atom. The fourth-order valence-corrected chi connectivity index (χ4v) is 1.32. The Hall–Kier alpha value is -2.17. The molecule has 5 heteroatoms. The molecule has 0 radical (unpaired) electrons. The molecule has 2 rings (SSSR count). The van der Waals surface area contributed by atoms with Gasteiger partial charge in [-0.05, 0) is 19.1 Å². The number of amides is 1. The number of nitrogens with zero attached hydrogens (tertiary/aromatic N) is 1. The van der Waals surface area contributed by atoms with Crippen LogP contribution in [-0.4, -0.2) is 15.9 Å². The number of carbonyl (C=O) groups is 1. The van der Waals surface area contributed by atoms with E-state index >= 15 is 0 Å². The maximum Gasteiger partial charge on any atom is 0.260 e. The highest BCUT2D eigenvalue weighted by Gasteiger charge is 2.12. The molecule has 0 atom stereocenters. The zero-order valence-corrected chi connectivity index (χ0v) is 8.62. The minimum atomic E-state index is -0.547. The number of nitrogens with one attached hydrogen (secondary N) is 2. The van der Waals surface area contributed by atoms with Crippen molar-refractivity contribution in [3.8, 4) is 0 Å². The third kappa shape index (κ3) is 2.08. The molecule has 0 aliphatic carbocycles. The Morgan fingerprint density at radius 3 is 3.00 bits per heavy atom. The molecule has 0 aliphatic heterocycles. The number of carbonyl (C=O) groups excluding carboxylic acids is 1. The fraction of sp³-hybridized carbons (Fsp3) is 0.0909. The number of aromatic amines is 1. The molecule has 1 aromatic carbocycles. The molecule has 0 saturated heterocycles. The van der Waals surface area contributed by atoms with Crippen LogP contribution in [-0.2, 0) is 0 Å². The number of aromatic nitrogens is 2. The Kier molecular flexibility index (Phi) is 2.68. The molecule has 0 aliphatic rings. The lowest BCUT2D eigenvalue weighted by molar-refractivity contribution is 0.102. The first-order chi connectivity index (χ1) is 7.66. The zero-order chi connectivity index (χ0) is 11.5. The van der Waals surface area contributed by atoms with Crippen molar-refractivity contribution in [2.45, 2.75) is 6.92 Å². The van der Waals surface area contributed by atoms with Gasteiger partial charge >= 0.3 is 0 Å². The summed E-state index contributed by atoms with van der Waals surface area (Å²) in [6.07, 6.45) is 3.07. The van der Waals surface area contributed by atoms with Gasteiger partial charge in [0.1, 0.15) is 5.82 Å². The topological polar surface area (TPSA) is 57.8 Å². The highest BCUT2D eigenvalue weighted by Crippen LogP contribution is 2.11. The van der Waals surface area contributed by atoms with Gasteiger partial charge in [0.2, 0.25) is 5.95 Å². The number of imidazole rings is 1. The van der Waals surface area contributed by atoms with Crippen LogP contribution in [0.4, 0.5) is 10.3 Å². The Balaban J connectivity index is 2.24. The van der Waals surface area contributed by atoms with Gasteiger partial charge in [-0.1, -0.05) is 11.6 Å². The number of benzene rings is 1. The number of anilines is 1. The van der Waals surface area contributed by atoms with Gasteiger partial charge < -0.3 is 4.98 Å². The first kappa shape index (κ1) is 10.4. The molecule has 1 aromatic heterocycles. The Bertz CT molecular complexity index is 508. The van der Waals surface area contributed by atoms with Crippen LogP contribution in [0.3, 0.4) is 0 Å². The third-order valence-corrected chi connectivity index (χ3v) is 2.10. The summed E-state index contributed by atoms with van der Waals surface area (Å²) in [4.78, 5) is 18.2. The van der Waals surface area contributed by atoms with Gasteiger partial charge in [0.05, 0.1) is 5.56 Å². The van der Waals surface area contributed by atoms with Crippen LogP contribution in [0.5, 0.6) is 0 Å². The van der Waals surface area contributed by atoms with Crippen LogP contribution in [0.15, 0.2) is 30.6 Å². The van der Waals surface area contributed by atoms with Crippen molar-refractivity contribution < 1.29 is 9.18 Å². The number of H-pyrrole nitrogens is 1. The maximum absolute atomic E-state index is 13.4. The van der Waals surface area contributed by atoms with Crippen molar-refractivity contribution >= 4 is 11.9 Å². The summed E-state index contributed by atoms with van der Waals surface area (Å²) in [6.45, 7) is 1.79. The molecule has 4 nitrogen and oxygen atoms in total. The van der Waals surface area contributed by atoms with Crippen LogP contribution >= 0.6 is 0 Å². The summed E-state index contributed by atoms with van der Waals surface area (Å²) in [5.74, 6) is -0.767. The number of halogens is 1. The van der Waals surface area contributed by atoms with E-state index in [-0.39, 0.29) is 5.56 Å². The smallest absolute Gasteiger partial charge is 0.260 e. The molecule has 0 spiro atoms. The predicted octanol–water partition coefficient (Wildman–Crippen LogP) is 2.11. The molecular formula is C11H10FN3O. The summed E-state index contributed by atoms with van der Waals surface area (Å²) in [5.41, 5.74) is 0.836. The minimum Gasteiger partial charge on any atom is -0.331 e. The van der Waals surface area contributed by atoms with E-state index in [2.05, 4.69) is 15.3 Å². The lowest BCUT2D eigenvalue weighted by Crippen LogP contribution is -2.14. The van der Waals surface area contributed by atoms with Crippen molar-refractivity contribution in [3.63, 3.8) is 0 Å². The summed E-state index contributed by atoms with van der Waals surface area (Å²) in [6, 6.07) is 4.37. The van der Waals surface area contributed by atoms with E-state index in [1.807, 2.05) is 0 Å². The molecule has 0 unspecified atom stereocenters. The lowest BCUT2D eigenvalue weighted by Gasteiger charge is -2.04. The quantitative estimate of drug-likeness (QED) is 0.812. The molecule has 0 saturated carbocycles. The van der Waals surface area contributed by atoms with Gasteiger partial charge in [0, 0.05) is 12.4 Å². The van der Waals surface area contributed by atoms with Gasteiger partial charge in [-0.25, -0.2) is 9.37 Å². The second-order valence-corrected chi connectivity index (χ2v) is 3.38. The van der Waals surface area contributed by atoms with Crippen molar-refractivity contribution in [2.75, 3.05) is 5.32 Å². The number of hydrogen-bond donors (Lipinski definition) is 2. The molecule has 0 fully saturated rings. The van der Waals surface area contributed by atoms with E-state index in [4.69, 9.17) is 0 Å².